The van der Waals surface area contributed by atoms with Crippen molar-refractivity contribution < 1.29 is 13.6 Å². The van der Waals surface area contributed by atoms with Gasteiger partial charge in [0.2, 0.25) is 0 Å². The Kier molecular flexibility index (Phi) is 5.03. The summed E-state index contributed by atoms with van der Waals surface area (Å²) in [6.07, 6.45) is 0.677. The summed E-state index contributed by atoms with van der Waals surface area (Å²) in [4.78, 5) is 12.2. The average Bonchev–Trinajstić information content (AvgIpc) is 2.48. The van der Waals surface area contributed by atoms with Gasteiger partial charge in [0, 0.05) is 12.1 Å². The van der Waals surface area contributed by atoms with Crippen LogP contribution in [0.15, 0.2) is 59.5 Å². The molecule has 1 amide bonds. The van der Waals surface area contributed by atoms with Gasteiger partial charge in [-0.1, -0.05) is 30.3 Å². The number of benzene rings is 2. The van der Waals surface area contributed by atoms with E-state index in [9.17, 15) is 9.00 Å². The summed E-state index contributed by atoms with van der Waals surface area (Å²) in [5, 5.41) is 2.84. The molecule has 0 radical (unpaired) electrons. The molecule has 0 fully saturated rings. The molecule has 0 spiro atoms. The maximum atomic E-state index is 11.8. The van der Waals surface area contributed by atoms with Crippen molar-refractivity contribution in [1.29, 1.82) is 0 Å². The van der Waals surface area contributed by atoms with E-state index in [1.54, 1.807) is 36.4 Å². The highest BCUT2D eigenvalue weighted by Crippen LogP contribution is 2.07. The van der Waals surface area contributed by atoms with E-state index in [0.717, 1.165) is 5.56 Å². The van der Waals surface area contributed by atoms with Crippen molar-refractivity contribution >= 4 is 17.0 Å². The Morgan fingerprint density at radius 3 is 2.30 bits per heavy atom. The van der Waals surface area contributed by atoms with Crippen LogP contribution in [0.2, 0.25) is 0 Å². The number of nitrogens with one attached hydrogen (secondary N) is 1. The second-order valence-electron chi connectivity index (χ2n) is 4.27. The van der Waals surface area contributed by atoms with E-state index < -0.39 is 11.1 Å². The maximum Gasteiger partial charge on any atom is 0.251 e. The van der Waals surface area contributed by atoms with Gasteiger partial charge in [0.05, 0.1) is 4.90 Å². The number of amides is 1. The first-order chi connectivity index (χ1) is 9.66. The number of carbonyl (C=O) groups is 1. The average molecular weight is 289 g/mol. The Hall–Kier alpha value is -1.98. The highest BCUT2D eigenvalue weighted by Gasteiger charge is 2.04. The van der Waals surface area contributed by atoms with Crippen LogP contribution in [0.25, 0.3) is 0 Å². The Morgan fingerprint density at radius 2 is 1.70 bits per heavy atom. The molecular weight excluding hydrogens is 274 g/mol. The SMILES string of the molecule is O=C(NCCc1ccc(S(=O)O)cc1)c1ccccc1. The quantitative estimate of drug-likeness (QED) is 0.830. The lowest BCUT2D eigenvalue weighted by Gasteiger charge is -2.05. The van der Waals surface area contributed by atoms with Gasteiger partial charge in [-0.2, -0.15) is 0 Å². The highest BCUT2D eigenvalue weighted by molar-refractivity contribution is 7.79. The lowest BCUT2D eigenvalue weighted by molar-refractivity contribution is 0.0954. The zero-order chi connectivity index (χ0) is 14.4. The van der Waals surface area contributed by atoms with E-state index in [0.29, 0.717) is 23.4 Å². The molecule has 2 rings (SSSR count). The largest absolute Gasteiger partial charge is 0.352 e. The van der Waals surface area contributed by atoms with Crippen LogP contribution in [0, 0.1) is 0 Å². The number of hydrogen-bond donors (Lipinski definition) is 2. The zero-order valence-electron chi connectivity index (χ0n) is 10.8. The first-order valence-corrected chi connectivity index (χ1v) is 7.30. The lowest BCUT2D eigenvalue weighted by Crippen LogP contribution is -2.25. The maximum absolute atomic E-state index is 11.8. The van der Waals surface area contributed by atoms with Gasteiger partial charge in [0.15, 0.2) is 11.1 Å². The molecule has 20 heavy (non-hydrogen) atoms. The molecule has 2 aromatic rings. The predicted molar refractivity (Wildman–Crippen MR) is 78.0 cm³/mol. The molecule has 2 aromatic carbocycles. The van der Waals surface area contributed by atoms with Gasteiger partial charge in [-0.25, -0.2) is 4.21 Å². The predicted octanol–water partition coefficient (Wildman–Crippen LogP) is 2.24. The number of carbonyl (C=O) groups excluding carboxylic acids is 1. The summed E-state index contributed by atoms with van der Waals surface area (Å²) in [5.41, 5.74) is 1.64. The van der Waals surface area contributed by atoms with Gasteiger partial charge < -0.3 is 9.87 Å². The first kappa shape index (κ1) is 14.4. The van der Waals surface area contributed by atoms with Crippen LogP contribution < -0.4 is 5.32 Å². The highest BCUT2D eigenvalue weighted by atomic mass is 32.2. The van der Waals surface area contributed by atoms with Crippen molar-refractivity contribution in [2.75, 3.05) is 6.54 Å². The third-order valence-electron chi connectivity index (χ3n) is 2.86. The van der Waals surface area contributed by atoms with E-state index >= 15 is 0 Å². The van der Waals surface area contributed by atoms with Crippen LogP contribution >= 0.6 is 0 Å². The Balaban J connectivity index is 1.84. The topological polar surface area (TPSA) is 66.4 Å². The molecule has 4 nitrogen and oxygen atoms in total. The van der Waals surface area contributed by atoms with Crippen molar-refractivity contribution in [2.45, 2.75) is 11.3 Å². The summed E-state index contributed by atoms with van der Waals surface area (Å²) in [6, 6.07) is 15.8. The molecule has 104 valence electrons. The Morgan fingerprint density at radius 1 is 1.05 bits per heavy atom. The van der Waals surface area contributed by atoms with E-state index in [1.807, 2.05) is 18.2 Å². The van der Waals surface area contributed by atoms with Crippen molar-refractivity contribution in [1.82, 2.24) is 5.32 Å². The van der Waals surface area contributed by atoms with Crippen LogP contribution in [0.4, 0.5) is 0 Å². The van der Waals surface area contributed by atoms with Crippen molar-refractivity contribution in [2.24, 2.45) is 0 Å². The van der Waals surface area contributed by atoms with Gasteiger partial charge in [-0.05, 0) is 36.2 Å². The molecule has 2 N–H and O–H groups in total. The Labute approximate surface area is 120 Å². The van der Waals surface area contributed by atoms with Crippen LogP contribution in [0.5, 0.6) is 0 Å². The summed E-state index contributed by atoms with van der Waals surface area (Å²) in [6.45, 7) is 0.523. The van der Waals surface area contributed by atoms with Gasteiger partial charge in [0.1, 0.15) is 0 Å². The van der Waals surface area contributed by atoms with Gasteiger partial charge in [0.25, 0.3) is 5.91 Å². The van der Waals surface area contributed by atoms with Crippen molar-refractivity contribution in [3.63, 3.8) is 0 Å². The monoisotopic (exact) mass is 289 g/mol. The van der Waals surface area contributed by atoms with Crippen LogP contribution in [0.1, 0.15) is 15.9 Å². The van der Waals surface area contributed by atoms with E-state index in [1.165, 1.54) is 0 Å². The molecule has 5 heteroatoms. The fourth-order valence-electron chi connectivity index (χ4n) is 1.78. The van der Waals surface area contributed by atoms with Gasteiger partial charge in [-0.3, -0.25) is 4.79 Å². The molecule has 0 saturated carbocycles. The molecule has 0 aliphatic heterocycles. The third kappa shape index (κ3) is 4.01. The minimum atomic E-state index is -1.94. The van der Waals surface area contributed by atoms with Crippen LogP contribution in [-0.2, 0) is 17.5 Å². The molecular formula is C15H15NO3S. The third-order valence-corrected chi connectivity index (χ3v) is 3.54. The van der Waals surface area contributed by atoms with E-state index in [4.69, 9.17) is 4.55 Å². The second kappa shape index (κ2) is 6.98. The molecule has 1 atom stereocenters. The summed E-state index contributed by atoms with van der Waals surface area (Å²) in [7, 11) is 0. The molecule has 0 bridgehead atoms. The minimum absolute atomic E-state index is 0.0984. The number of rotatable bonds is 5. The molecule has 1 unspecified atom stereocenters. The summed E-state index contributed by atoms with van der Waals surface area (Å²) < 4.78 is 19.7. The van der Waals surface area contributed by atoms with E-state index in [-0.39, 0.29) is 5.91 Å². The summed E-state index contributed by atoms with van der Waals surface area (Å²) in [5.74, 6) is -0.0984. The van der Waals surface area contributed by atoms with Crippen molar-refractivity contribution in [3.05, 3.63) is 65.7 Å². The van der Waals surface area contributed by atoms with Gasteiger partial charge >= 0.3 is 0 Å². The molecule has 0 aliphatic rings. The number of hydrogen-bond acceptors (Lipinski definition) is 2. The second-order valence-corrected chi connectivity index (χ2v) is 5.23. The van der Waals surface area contributed by atoms with Gasteiger partial charge in [-0.15, -0.1) is 0 Å². The fourth-order valence-corrected chi connectivity index (χ4v) is 2.15. The van der Waals surface area contributed by atoms with E-state index in [2.05, 4.69) is 5.32 Å². The normalized spacial score (nSPS) is 11.8. The first-order valence-electron chi connectivity index (χ1n) is 6.20. The molecule has 0 aromatic heterocycles. The minimum Gasteiger partial charge on any atom is -0.352 e. The molecule has 0 heterocycles. The summed E-state index contributed by atoms with van der Waals surface area (Å²) >= 11 is -1.94. The molecule has 0 saturated heterocycles. The van der Waals surface area contributed by atoms with Crippen molar-refractivity contribution in [3.8, 4) is 0 Å². The van der Waals surface area contributed by atoms with Crippen LogP contribution in [0.3, 0.4) is 0 Å². The van der Waals surface area contributed by atoms with Crippen LogP contribution in [-0.4, -0.2) is 21.2 Å². The Bertz CT molecular complexity index is 596. The molecule has 0 aliphatic carbocycles. The lowest BCUT2D eigenvalue weighted by atomic mass is 10.1. The standard InChI is InChI=1S/C15H15NO3S/c17-15(13-4-2-1-3-5-13)16-11-10-12-6-8-14(9-7-12)20(18)19/h1-9H,10-11H2,(H,16,17)(H,18,19). The smallest absolute Gasteiger partial charge is 0.251 e. The zero-order valence-corrected chi connectivity index (χ0v) is 11.6. The fraction of sp³-hybridized carbons (Fsp3) is 0.133.